The first-order chi connectivity index (χ1) is 13.5. The molecule has 3 aromatic heterocycles. The third-order valence-electron chi connectivity index (χ3n) is 4.56. The highest BCUT2D eigenvalue weighted by Gasteiger charge is 2.22. The van der Waals surface area contributed by atoms with Gasteiger partial charge in [0, 0.05) is 39.3 Å². The lowest BCUT2D eigenvalue weighted by Gasteiger charge is -2.36. The SMILES string of the molecule is CC(=O)Nc1nc2c(C(=O)O)cc(N3CCN(c4ccccn4)CC3)cn2n1. The van der Waals surface area contributed by atoms with Crippen molar-refractivity contribution in [3.63, 3.8) is 0 Å². The van der Waals surface area contributed by atoms with Gasteiger partial charge in [0.05, 0.1) is 11.9 Å². The highest BCUT2D eigenvalue weighted by atomic mass is 16.4. The van der Waals surface area contributed by atoms with Crippen molar-refractivity contribution < 1.29 is 14.7 Å². The summed E-state index contributed by atoms with van der Waals surface area (Å²) in [5.74, 6) is -0.411. The molecular formula is C18H19N7O3. The number of rotatable bonds is 4. The number of hydrogen-bond donors (Lipinski definition) is 2. The Morgan fingerprint density at radius 1 is 1.14 bits per heavy atom. The van der Waals surface area contributed by atoms with E-state index in [2.05, 4.69) is 30.2 Å². The van der Waals surface area contributed by atoms with E-state index in [-0.39, 0.29) is 23.1 Å². The third-order valence-corrected chi connectivity index (χ3v) is 4.56. The van der Waals surface area contributed by atoms with Gasteiger partial charge in [-0.3, -0.25) is 10.1 Å². The third kappa shape index (κ3) is 3.43. The Labute approximate surface area is 160 Å². The number of aromatic carboxylic acids is 1. The van der Waals surface area contributed by atoms with Crippen LogP contribution in [0.3, 0.4) is 0 Å². The van der Waals surface area contributed by atoms with Crippen molar-refractivity contribution in [1.82, 2.24) is 19.6 Å². The lowest BCUT2D eigenvalue weighted by molar-refractivity contribution is -0.114. The molecule has 0 unspecified atom stereocenters. The van der Waals surface area contributed by atoms with E-state index < -0.39 is 5.97 Å². The van der Waals surface area contributed by atoms with Gasteiger partial charge in [-0.1, -0.05) is 6.07 Å². The summed E-state index contributed by atoms with van der Waals surface area (Å²) >= 11 is 0. The molecule has 28 heavy (non-hydrogen) atoms. The maximum absolute atomic E-state index is 11.7. The minimum atomic E-state index is -1.10. The number of hydrogen-bond acceptors (Lipinski definition) is 7. The quantitative estimate of drug-likeness (QED) is 0.690. The van der Waals surface area contributed by atoms with E-state index in [1.165, 1.54) is 11.4 Å². The van der Waals surface area contributed by atoms with Crippen LogP contribution in [0.4, 0.5) is 17.5 Å². The molecule has 0 bridgehead atoms. The average Bonchev–Trinajstić information content (AvgIpc) is 3.09. The number of carboxylic acids is 1. The Bertz CT molecular complexity index is 1030. The second kappa shape index (κ2) is 7.14. The van der Waals surface area contributed by atoms with Crippen molar-refractivity contribution in [1.29, 1.82) is 0 Å². The normalized spacial score (nSPS) is 14.3. The Kier molecular flexibility index (Phi) is 4.52. The standard InChI is InChI=1S/C18H19N7O3/c1-12(26)20-18-21-16-14(17(27)28)10-13(11-25(16)22-18)23-6-8-24(9-7-23)15-4-2-3-5-19-15/h2-5,10-11H,6-9H2,1H3,(H,27,28)(H,20,22,26). The number of carbonyl (C=O) groups is 2. The van der Waals surface area contributed by atoms with Gasteiger partial charge >= 0.3 is 5.97 Å². The molecule has 4 rings (SSSR count). The Morgan fingerprint density at radius 3 is 2.54 bits per heavy atom. The van der Waals surface area contributed by atoms with Crippen LogP contribution >= 0.6 is 0 Å². The van der Waals surface area contributed by atoms with Crippen LogP contribution in [0.5, 0.6) is 0 Å². The molecule has 1 aliphatic rings. The van der Waals surface area contributed by atoms with Gasteiger partial charge in [0.15, 0.2) is 5.65 Å². The van der Waals surface area contributed by atoms with E-state index in [1.807, 2.05) is 18.2 Å². The Hall–Kier alpha value is -3.69. The van der Waals surface area contributed by atoms with Crippen LogP contribution in [0.25, 0.3) is 5.65 Å². The highest BCUT2D eigenvalue weighted by Crippen LogP contribution is 2.23. The first-order valence-corrected chi connectivity index (χ1v) is 8.83. The molecule has 1 fully saturated rings. The van der Waals surface area contributed by atoms with Gasteiger partial charge in [-0.15, -0.1) is 5.10 Å². The molecule has 144 valence electrons. The van der Waals surface area contributed by atoms with Crippen molar-refractivity contribution in [3.8, 4) is 0 Å². The van der Waals surface area contributed by atoms with Crippen LogP contribution in [-0.4, -0.2) is 62.7 Å². The summed E-state index contributed by atoms with van der Waals surface area (Å²) in [5, 5.41) is 16.2. The predicted octanol–water partition coefficient (Wildman–Crippen LogP) is 1.11. The molecular weight excluding hydrogens is 362 g/mol. The summed E-state index contributed by atoms with van der Waals surface area (Å²) in [6, 6.07) is 7.42. The number of fused-ring (bicyclic) bond motifs is 1. The molecule has 0 aliphatic carbocycles. The molecule has 0 saturated carbocycles. The number of carboxylic acid groups (broad SMARTS) is 1. The molecule has 0 spiro atoms. The zero-order valence-electron chi connectivity index (χ0n) is 15.2. The summed E-state index contributed by atoms with van der Waals surface area (Å²) in [7, 11) is 0. The number of nitrogens with zero attached hydrogens (tertiary/aromatic N) is 6. The molecule has 3 aromatic rings. The smallest absolute Gasteiger partial charge is 0.339 e. The van der Waals surface area contributed by atoms with E-state index in [0.29, 0.717) is 13.1 Å². The number of pyridine rings is 2. The summed E-state index contributed by atoms with van der Waals surface area (Å²) in [4.78, 5) is 35.7. The van der Waals surface area contributed by atoms with E-state index >= 15 is 0 Å². The monoisotopic (exact) mass is 381 g/mol. The van der Waals surface area contributed by atoms with Gasteiger partial charge in [-0.25, -0.2) is 14.3 Å². The summed E-state index contributed by atoms with van der Waals surface area (Å²) in [6.07, 6.45) is 3.50. The molecule has 1 amide bonds. The van der Waals surface area contributed by atoms with Crippen molar-refractivity contribution in [2.75, 3.05) is 41.3 Å². The average molecular weight is 381 g/mol. The number of anilines is 3. The van der Waals surface area contributed by atoms with Gasteiger partial charge in [0.1, 0.15) is 11.4 Å². The van der Waals surface area contributed by atoms with Crippen LogP contribution in [0.1, 0.15) is 17.3 Å². The fraction of sp³-hybridized carbons (Fsp3) is 0.278. The minimum absolute atomic E-state index is 0.0359. The van der Waals surface area contributed by atoms with Crippen LogP contribution in [0.15, 0.2) is 36.7 Å². The van der Waals surface area contributed by atoms with Crippen molar-refractivity contribution in [2.24, 2.45) is 0 Å². The molecule has 1 aliphatic heterocycles. The molecule has 0 atom stereocenters. The maximum Gasteiger partial charge on any atom is 0.339 e. The van der Waals surface area contributed by atoms with Crippen LogP contribution in [0.2, 0.25) is 0 Å². The van der Waals surface area contributed by atoms with E-state index in [1.54, 1.807) is 18.5 Å². The van der Waals surface area contributed by atoms with E-state index in [9.17, 15) is 14.7 Å². The zero-order chi connectivity index (χ0) is 19.7. The van der Waals surface area contributed by atoms with Gasteiger partial charge in [0.2, 0.25) is 11.9 Å². The largest absolute Gasteiger partial charge is 0.478 e. The summed E-state index contributed by atoms with van der Waals surface area (Å²) < 4.78 is 1.40. The Morgan fingerprint density at radius 2 is 1.89 bits per heavy atom. The zero-order valence-corrected chi connectivity index (χ0v) is 15.2. The minimum Gasteiger partial charge on any atom is -0.478 e. The topological polar surface area (TPSA) is 116 Å². The molecule has 4 heterocycles. The number of aromatic nitrogens is 4. The molecule has 0 radical (unpaired) electrons. The molecule has 10 nitrogen and oxygen atoms in total. The van der Waals surface area contributed by atoms with Crippen LogP contribution in [-0.2, 0) is 4.79 Å². The molecule has 0 aromatic carbocycles. The lowest BCUT2D eigenvalue weighted by atomic mass is 10.2. The van der Waals surface area contributed by atoms with Gasteiger partial charge in [-0.05, 0) is 18.2 Å². The predicted molar refractivity (Wildman–Crippen MR) is 103 cm³/mol. The lowest BCUT2D eigenvalue weighted by Crippen LogP contribution is -2.47. The van der Waals surface area contributed by atoms with Crippen molar-refractivity contribution in [3.05, 3.63) is 42.2 Å². The second-order valence-corrected chi connectivity index (χ2v) is 6.46. The molecule has 1 saturated heterocycles. The first kappa shape index (κ1) is 17.7. The highest BCUT2D eigenvalue weighted by molar-refractivity contribution is 5.96. The molecule has 2 N–H and O–H groups in total. The fourth-order valence-electron chi connectivity index (χ4n) is 3.25. The number of carbonyl (C=O) groups excluding carboxylic acids is 1. The van der Waals surface area contributed by atoms with Gasteiger partial charge < -0.3 is 14.9 Å². The van der Waals surface area contributed by atoms with E-state index in [4.69, 9.17) is 0 Å². The summed E-state index contributed by atoms with van der Waals surface area (Å²) in [5.41, 5.74) is 0.964. The van der Waals surface area contributed by atoms with Crippen molar-refractivity contribution in [2.45, 2.75) is 6.92 Å². The Balaban J connectivity index is 1.60. The summed E-state index contributed by atoms with van der Waals surface area (Å²) in [6.45, 7) is 4.32. The number of nitrogens with one attached hydrogen (secondary N) is 1. The number of piperazine rings is 1. The van der Waals surface area contributed by atoms with Gasteiger partial charge in [-0.2, -0.15) is 4.98 Å². The second-order valence-electron chi connectivity index (χ2n) is 6.46. The molecule has 10 heteroatoms. The van der Waals surface area contributed by atoms with Crippen LogP contribution in [0, 0.1) is 0 Å². The fourth-order valence-corrected chi connectivity index (χ4v) is 3.25. The van der Waals surface area contributed by atoms with E-state index in [0.717, 1.165) is 24.6 Å². The number of amides is 1. The maximum atomic E-state index is 11.7. The first-order valence-electron chi connectivity index (χ1n) is 8.83. The van der Waals surface area contributed by atoms with Crippen LogP contribution < -0.4 is 15.1 Å². The van der Waals surface area contributed by atoms with Crippen molar-refractivity contribution >= 4 is 35.0 Å². The van der Waals surface area contributed by atoms with Gasteiger partial charge in [0.25, 0.3) is 0 Å².